The topological polar surface area (TPSA) is 62.8 Å². The van der Waals surface area contributed by atoms with Crippen LogP contribution in [0.1, 0.15) is 16.1 Å². The fourth-order valence-corrected chi connectivity index (χ4v) is 1.05. The van der Waals surface area contributed by atoms with E-state index < -0.39 is 5.97 Å². The molecule has 14 heavy (non-hydrogen) atoms. The first-order valence-electron chi connectivity index (χ1n) is 3.94. The van der Waals surface area contributed by atoms with Crippen LogP contribution in [0.3, 0.4) is 0 Å². The zero-order chi connectivity index (χ0) is 10.6. The van der Waals surface area contributed by atoms with Gasteiger partial charge in [0.2, 0.25) is 5.69 Å². The van der Waals surface area contributed by atoms with E-state index in [4.69, 9.17) is 5.21 Å². The summed E-state index contributed by atoms with van der Waals surface area (Å²) in [4.78, 5) is 11.1. The summed E-state index contributed by atoms with van der Waals surface area (Å²) in [6, 6.07) is 3.26. The van der Waals surface area contributed by atoms with E-state index >= 15 is 0 Å². The minimum atomic E-state index is -0.395. The van der Waals surface area contributed by atoms with E-state index in [1.807, 2.05) is 0 Å². The molecule has 5 nitrogen and oxygen atoms in total. The van der Waals surface area contributed by atoms with Crippen LogP contribution in [0.4, 0.5) is 0 Å². The number of hydrogen-bond donors (Lipinski definition) is 1. The predicted molar refractivity (Wildman–Crippen MR) is 48.3 cm³/mol. The van der Waals surface area contributed by atoms with E-state index in [9.17, 15) is 4.79 Å². The van der Waals surface area contributed by atoms with Gasteiger partial charge in [-0.15, -0.1) is 0 Å². The van der Waals surface area contributed by atoms with Crippen molar-refractivity contribution in [2.45, 2.75) is 0 Å². The third-order valence-electron chi connectivity index (χ3n) is 1.78. The van der Waals surface area contributed by atoms with E-state index in [1.54, 1.807) is 29.9 Å². The third-order valence-corrected chi connectivity index (χ3v) is 1.78. The first-order chi connectivity index (χ1) is 6.69. The summed E-state index contributed by atoms with van der Waals surface area (Å²) in [6.07, 6.45) is 2.88. The molecule has 0 aliphatic rings. The fourth-order valence-electron chi connectivity index (χ4n) is 1.05. The molecule has 1 N–H and O–H groups in total. The van der Waals surface area contributed by atoms with Crippen LogP contribution in [0.5, 0.6) is 0 Å². The van der Waals surface area contributed by atoms with Gasteiger partial charge in [0.05, 0.1) is 7.11 Å². The van der Waals surface area contributed by atoms with E-state index in [2.05, 4.69) is 9.89 Å². The normalized spacial score (nSPS) is 10.4. The van der Waals surface area contributed by atoms with Crippen molar-refractivity contribution < 1.29 is 19.3 Å². The highest BCUT2D eigenvalue weighted by atomic mass is 16.5. The minimum absolute atomic E-state index is 0.395. The van der Waals surface area contributed by atoms with Gasteiger partial charge in [0.15, 0.2) is 6.20 Å². The van der Waals surface area contributed by atoms with E-state index in [0.717, 1.165) is 0 Å². The number of oxime groups is 1. The van der Waals surface area contributed by atoms with Gasteiger partial charge in [0.1, 0.15) is 18.8 Å². The fraction of sp³-hybridized carbons (Fsp3) is 0.222. The molecule has 74 valence electrons. The number of aryl methyl sites for hydroxylation is 1. The monoisotopic (exact) mass is 195 g/mol. The van der Waals surface area contributed by atoms with Gasteiger partial charge in [-0.1, -0.05) is 5.16 Å². The molecule has 0 aromatic carbocycles. The molecule has 0 amide bonds. The Morgan fingerprint density at radius 1 is 1.64 bits per heavy atom. The molecule has 0 bridgehead atoms. The number of carbonyl (C=O) groups is 1. The smallest absolute Gasteiger partial charge is 0.343 e. The molecule has 1 aromatic heterocycles. The Balaban J connectivity index is 3.06. The number of nitrogens with zero attached hydrogens (tertiary/aromatic N) is 2. The number of pyridine rings is 1. The molecule has 0 radical (unpaired) electrons. The Kier molecular flexibility index (Phi) is 3.17. The summed E-state index contributed by atoms with van der Waals surface area (Å²) in [5, 5.41) is 11.2. The van der Waals surface area contributed by atoms with Crippen LogP contribution in [-0.4, -0.2) is 24.5 Å². The van der Waals surface area contributed by atoms with Gasteiger partial charge >= 0.3 is 5.97 Å². The second-order valence-corrected chi connectivity index (χ2v) is 2.69. The summed E-state index contributed by atoms with van der Waals surface area (Å²) in [6.45, 7) is 0. The number of rotatable bonds is 2. The summed E-state index contributed by atoms with van der Waals surface area (Å²) in [5.74, 6) is -0.395. The van der Waals surface area contributed by atoms with Crippen molar-refractivity contribution in [1.82, 2.24) is 0 Å². The highest BCUT2D eigenvalue weighted by Crippen LogP contribution is 1.98. The lowest BCUT2D eigenvalue weighted by Crippen LogP contribution is -2.34. The van der Waals surface area contributed by atoms with E-state index in [-0.39, 0.29) is 0 Å². The molecule has 1 heterocycles. The van der Waals surface area contributed by atoms with Gasteiger partial charge in [0.25, 0.3) is 0 Å². The molecular formula is C9H11N2O3+. The van der Waals surface area contributed by atoms with Gasteiger partial charge in [0, 0.05) is 6.07 Å². The van der Waals surface area contributed by atoms with Crippen LogP contribution in [0.2, 0.25) is 0 Å². The molecule has 0 spiro atoms. The molecule has 0 unspecified atom stereocenters. The molecule has 0 atom stereocenters. The molecule has 0 fully saturated rings. The van der Waals surface area contributed by atoms with Crippen LogP contribution < -0.4 is 4.57 Å². The number of ether oxygens (including phenoxy) is 1. The molecule has 0 saturated carbocycles. The zero-order valence-corrected chi connectivity index (χ0v) is 7.97. The molecule has 0 saturated heterocycles. The van der Waals surface area contributed by atoms with Gasteiger partial charge in [-0.2, -0.15) is 4.57 Å². The summed E-state index contributed by atoms with van der Waals surface area (Å²) in [5.41, 5.74) is 1.13. The Morgan fingerprint density at radius 2 is 2.36 bits per heavy atom. The minimum Gasteiger partial charge on any atom is -0.465 e. The summed E-state index contributed by atoms with van der Waals surface area (Å²) < 4.78 is 6.21. The Labute approximate surface area is 81.2 Å². The van der Waals surface area contributed by atoms with Crippen molar-refractivity contribution in [3.05, 3.63) is 29.6 Å². The third kappa shape index (κ3) is 2.07. The summed E-state index contributed by atoms with van der Waals surface area (Å²) >= 11 is 0. The average molecular weight is 195 g/mol. The second-order valence-electron chi connectivity index (χ2n) is 2.69. The van der Waals surface area contributed by atoms with Gasteiger partial charge in [-0.25, -0.2) is 4.79 Å². The lowest BCUT2D eigenvalue weighted by Gasteiger charge is -1.97. The first-order valence-corrected chi connectivity index (χ1v) is 3.94. The molecular weight excluding hydrogens is 184 g/mol. The largest absolute Gasteiger partial charge is 0.465 e. The standard InChI is InChI=1S/C9H10N2O3/c1-11-6-7(9(12)14-2)3-4-8(11)5-10-13/h3-6H,1-2H3/p+1. The van der Waals surface area contributed by atoms with Gasteiger partial charge in [-0.05, 0) is 6.07 Å². The van der Waals surface area contributed by atoms with E-state index in [1.165, 1.54) is 13.3 Å². The van der Waals surface area contributed by atoms with Crippen molar-refractivity contribution in [1.29, 1.82) is 0 Å². The Morgan fingerprint density at radius 3 is 2.86 bits per heavy atom. The summed E-state index contributed by atoms with van der Waals surface area (Å²) in [7, 11) is 3.06. The lowest BCUT2D eigenvalue weighted by atomic mass is 10.2. The molecule has 1 rings (SSSR count). The highest BCUT2D eigenvalue weighted by molar-refractivity contribution is 5.89. The quantitative estimate of drug-likeness (QED) is 0.239. The van der Waals surface area contributed by atoms with Crippen molar-refractivity contribution in [2.24, 2.45) is 12.2 Å². The maximum atomic E-state index is 11.1. The maximum absolute atomic E-state index is 11.1. The van der Waals surface area contributed by atoms with Crippen LogP contribution >= 0.6 is 0 Å². The van der Waals surface area contributed by atoms with Crippen LogP contribution in [0.25, 0.3) is 0 Å². The number of methoxy groups -OCH3 is 1. The number of hydrogen-bond acceptors (Lipinski definition) is 4. The van der Waals surface area contributed by atoms with Crippen LogP contribution in [0.15, 0.2) is 23.5 Å². The van der Waals surface area contributed by atoms with Crippen molar-refractivity contribution in [3.8, 4) is 0 Å². The highest BCUT2D eigenvalue weighted by Gasteiger charge is 2.11. The maximum Gasteiger partial charge on any atom is 0.343 e. The number of aromatic nitrogens is 1. The van der Waals surface area contributed by atoms with Crippen molar-refractivity contribution >= 4 is 12.2 Å². The first kappa shape index (κ1) is 10.2. The number of carbonyl (C=O) groups excluding carboxylic acids is 1. The number of esters is 1. The van der Waals surface area contributed by atoms with Crippen LogP contribution in [-0.2, 0) is 11.8 Å². The van der Waals surface area contributed by atoms with Crippen molar-refractivity contribution in [2.75, 3.05) is 7.11 Å². The molecule has 0 aliphatic carbocycles. The molecule has 0 aliphatic heterocycles. The lowest BCUT2D eigenvalue weighted by molar-refractivity contribution is -0.672. The van der Waals surface area contributed by atoms with Gasteiger partial charge < -0.3 is 9.94 Å². The van der Waals surface area contributed by atoms with Gasteiger partial charge in [-0.3, -0.25) is 0 Å². The average Bonchev–Trinajstić information content (AvgIpc) is 2.20. The molecule has 1 aromatic rings. The van der Waals surface area contributed by atoms with E-state index in [0.29, 0.717) is 11.3 Å². The second kappa shape index (κ2) is 4.36. The predicted octanol–water partition coefficient (Wildman–Crippen LogP) is 0.106. The van der Waals surface area contributed by atoms with Crippen molar-refractivity contribution in [3.63, 3.8) is 0 Å². The Bertz CT molecular complexity index is 374. The Hall–Kier alpha value is -1.91. The SMILES string of the molecule is COC(=O)c1ccc(/C=N/O)[n+](C)c1. The molecule has 5 heteroatoms. The zero-order valence-electron chi connectivity index (χ0n) is 7.97. The van der Waals surface area contributed by atoms with Crippen LogP contribution in [0, 0.1) is 0 Å².